The quantitative estimate of drug-likeness (QED) is 0.886. The molecule has 1 fully saturated rings. The number of hydrogen-bond donors (Lipinski definition) is 1. The number of piperidine rings is 1. The second-order valence-corrected chi connectivity index (χ2v) is 6.65. The fourth-order valence-electron chi connectivity index (χ4n) is 3.24. The van der Waals surface area contributed by atoms with Gasteiger partial charge < -0.3 is 19.7 Å². The van der Waals surface area contributed by atoms with E-state index in [1.165, 1.54) is 6.42 Å². The van der Waals surface area contributed by atoms with Crippen molar-refractivity contribution >= 4 is 17.3 Å². The molecular formula is C20H25N3O3. The highest BCUT2D eigenvalue weighted by Gasteiger charge is 2.22. The van der Waals surface area contributed by atoms with Gasteiger partial charge in [-0.3, -0.25) is 9.78 Å². The average Bonchev–Trinajstić information content (AvgIpc) is 2.68. The lowest BCUT2D eigenvalue weighted by Crippen LogP contribution is -2.39. The first-order valence-corrected chi connectivity index (χ1v) is 8.84. The van der Waals surface area contributed by atoms with Crippen LogP contribution >= 0.6 is 0 Å². The van der Waals surface area contributed by atoms with Crippen LogP contribution in [0.5, 0.6) is 11.5 Å². The van der Waals surface area contributed by atoms with Crippen molar-refractivity contribution in [2.24, 2.45) is 5.92 Å². The van der Waals surface area contributed by atoms with E-state index in [0.717, 1.165) is 30.9 Å². The van der Waals surface area contributed by atoms with Crippen molar-refractivity contribution in [1.82, 2.24) is 9.88 Å². The molecule has 1 unspecified atom stereocenters. The van der Waals surface area contributed by atoms with Gasteiger partial charge in [0.1, 0.15) is 11.5 Å². The van der Waals surface area contributed by atoms with E-state index in [-0.39, 0.29) is 5.91 Å². The van der Waals surface area contributed by atoms with Crippen molar-refractivity contribution in [3.63, 3.8) is 0 Å². The summed E-state index contributed by atoms with van der Waals surface area (Å²) < 4.78 is 10.6. The molecule has 2 aromatic rings. The van der Waals surface area contributed by atoms with Gasteiger partial charge in [-0.05, 0) is 37.0 Å². The number of nitrogens with one attached hydrogen (secondary N) is 1. The summed E-state index contributed by atoms with van der Waals surface area (Å²) in [4.78, 5) is 18.9. The highest BCUT2D eigenvalue weighted by Crippen LogP contribution is 2.31. The number of methoxy groups -OCH3 is 2. The molecule has 6 nitrogen and oxygen atoms in total. The second-order valence-electron chi connectivity index (χ2n) is 6.65. The Morgan fingerprint density at radius 1 is 1.23 bits per heavy atom. The Hall–Kier alpha value is -2.76. The Kier molecular flexibility index (Phi) is 5.61. The molecule has 26 heavy (non-hydrogen) atoms. The van der Waals surface area contributed by atoms with Crippen LogP contribution in [0.4, 0.5) is 11.4 Å². The van der Waals surface area contributed by atoms with Crippen molar-refractivity contribution in [1.29, 1.82) is 0 Å². The Balaban J connectivity index is 1.78. The van der Waals surface area contributed by atoms with Crippen LogP contribution in [-0.4, -0.2) is 43.1 Å². The van der Waals surface area contributed by atoms with Gasteiger partial charge in [-0.2, -0.15) is 0 Å². The van der Waals surface area contributed by atoms with E-state index in [0.29, 0.717) is 23.0 Å². The third kappa shape index (κ3) is 4.07. The van der Waals surface area contributed by atoms with Crippen molar-refractivity contribution in [3.8, 4) is 11.5 Å². The maximum absolute atomic E-state index is 12.8. The maximum atomic E-state index is 12.8. The largest absolute Gasteiger partial charge is 0.497 e. The summed E-state index contributed by atoms with van der Waals surface area (Å²) in [6, 6.07) is 7.36. The average molecular weight is 355 g/mol. The van der Waals surface area contributed by atoms with Crippen LogP contribution < -0.4 is 14.8 Å². The molecule has 0 saturated carbocycles. The van der Waals surface area contributed by atoms with Gasteiger partial charge in [-0.25, -0.2) is 0 Å². The van der Waals surface area contributed by atoms with Crippen LogP contribution in [0, 0.1) is 5.92 Å². The molecule has 0 bridgehead atoms. The number of likely N-dealkylation sites (tertiary alicyclic amines) is 1. The summed E-state index contributed by atoms with van der Waals surface area (Å²) in [5.41, 5.74) is 2.12. The molecule has 0 aliphatic carbocycles. The fraction of sp³-hybridized carbons (Fsp3) is 0.400. The SMILES string of the molecule is COc1ccc(Nc2cncc(C(=O)N3CCCC(C)C3)c2)c(OC)c1. The van der Waals surface area contributed by atoms with E-state index in [1.54, 1.807) is 32.7 Å². The lowest BCUT2D eigenvalue weighted by molar-refractivity contribution is 0.0682. The third-order valence-electron chi connectivity index (χ3n) is 4.62. The monoisotopic (exact) mass is 355 g/mol. The lowest BCUT2D eigenvalue weighted by Gasteiger charge is -2.31. The molecule has 1 atom stereocenters. The van der Waals surface area contributed by atoms with Gasteiger partial charge in [-0.15, -0.1) is 0 Å². The van der Waals surface area contributed by atoms with Crippen LogP contribution in [0.25, 0.3) is 0 Å². The normalized spacial score (nSPS) is 16.9. The van der Waals surface area contributed by atoms with Crippen molar-refractivity contribution in [2.45, 2.75) is 19.8 Å². The molecular weight excluding hydrogens is 330 g/mol. The molecule has 6 heteroatoms. The zero-order chi connectivity index (χ0) is 18.5. The Labute approximate surface area is 154 Å². The number of aromatic nitrogens is 1. The number of ether oxygens (including phenoxy) is 2. The lowest BCUT2D eigenvalue weighted by atomic mass is 10.00. The summed E-state index contributed by atoms with van der Waals surface area (Å²) >= 11 is 0. The first-order chi connectivity index (χ1) is 12.6. The Morgan fingerprint density at radius 3 is 2.81 bits per heavy atom. The highest BCUT2D eigenvalue weighted by molar-refractivity contribution is 5.95. The topological polar surface area (TPSA) is 63.7 Å². The maximum Gasteiger partial charge on any atom is 0.255 e. The minimum Gasteiger partial charge on any atom is -0.497 e. The van der Waals surface area contributed by atoms with E-state index < -0.39 is 0 Å². The number of carbonyl (C=O) groups is 1. The number of nitrogens with zero attached hydrogens (tertiary/aromatic N) is 2. The van der Waals surface area contributed by atoms with Crippen molar-refractivity contribution in [3.05, 3.63) is 42.2 Å². The summed E-state index contributed by atoms with van der Waals surface area (Å²) in [5.74, 6) is 1.96. The van der Waals surface area contributed by atoms with Crippen LogP contribution in [0.2, 0.25) is 0 Å². The number of amides is 1. The highest BCUT2D eigenvalue weighted by atomic mass is 16.5. The van der Waals surface area contributed by atoms with E-state index in [1.807, 2.05) is 23.1 Å². The van der Waals surface area contributed by atoms with Crippen molar-refractivity contribution < 1.29 is 14.3 Å². The fourth-order valence-corrected chi connectivity index (χ4v) is 3.24. The first kappa shape index (κ1) is 18.0. The molecule has 0 radical (unpaired) electrons. The molecule has 0 spiro atoms. The second kappa shape index (κ2) is 8.08. The molecule has 3 rings (SSSR count). The number of rotatable bonds is 5. The van der Waals surface area contributed by atoms with Gasteiger partial charge in [-0.1, -0.05) is 6.92 Å². The third-order valence-corrected chi connectivity index (χ3v) is 4.62. The molecule has 1 N–H and O–H groups in total. The molecule has 1 aromatic carbocycles. The number of hydrogen-bond acceptors (Lipinski definition) is 5. The standard InChI is InChI=1S/C20H25N3O3/c1-14-5-4-8-23(13-14)20(24)15-9-16(12-21-11-15)22-18-7-6-17(25-2)10-19(18)26-3/h6-7,9-12,14,22H,4-5,8,13H2,1-3H3. The summed E-state index contributed by atoms with van der Waals surface area (Å²) in [6.07, 6.45) is 5.56. The molecule has 1 aliphatic heterocycles. The predicted molar refractivity (Wildman–Crippen MR) is 101 cm³/mol. The van der Waals surface area contributed by atoms with Gasteiger partial charge in [0.15, 0.2) is 0 Å². The van der Waals surface area contributed by atoms with E-state index in [4.69, 9.17) is 9.47 Å². The molecule has 138 valence electrons. The number of pyridine rings is 1. The Morgan fingerprint density at radius 2 is 2.08 bits per heavy atom. The molecule has 1 aliphatic rings. The number of anilines is 2. The van der Waals surface area contributed by atoms with Crippen LogP contribution in [-0.2, 0) is 0 Å². The first-order valence-electron chi connectivity index (χ1n) is 8.84. The van der Waals surface area contributed by atoms with E-state index in [9.17, 15) is 4.79 Å². The van der Waals surface area contributed by atoms with E-state index in [2.05, 4.69) is 17.2 Å². The summed E-state index contributed by atoms with van der Waals surface area (Å²) in [6.45, 7) is 3.81. The molecule has 1 saturated heterocycles. The minimum absolute atomic E-state index is 0.0365. The molecule has 1 aromatic heterocycles. The van der Waals surface area contributed by atoms with Gasteiger partial charge >= 0.3 is 0 Å². The summed E-state index contributed by atoms with van der Waals surface area (Å²) in [5, 5.41) is 3.27. The van der Waals surface area contributed by atoms with Crippen LogP contribution in [0.15, 0.2) is 36.7 Å². The smallest absolute Gasteiger partial charge is 0.255 e. The Bertz CT molecular complexity index is 779. The van der Waals surface area contributed by atoms with E-state index >= 15 is 0 Å². The zero-order valence-electron chi connectivity index (χ0n) is 15.5. The van der Waals surface area contributed by atoms with Gasteiger partial charge in [0.25, 0.3) is 5.91 Å². The van der Waals surface area contributed by atoms with Gasteiger partial charge in [0, 0.05) is 25.4 Å². The number of benzene rings is 1. The van der Waals surface area contributed by atoms with Gasteiger partial charge in [0.2, 0.25) is 0 Å². The zero-order valence-corrected chi connectivity index (χ0v) is 15.5. The summed E-state index contributed by atoms with van der Waals surface area (Å²) in [7, 11) is 3.22. The van der Waals surface area contributed by atoms with Crippen LogP contribution in [0.3, 0.4) is 0 Å². The minimum atomic E-state index is 0.0365. The molecule has 1 amide bonds. The predicted octanol–water partition coefficient (Wildman–Crippen LogP) is 3.71. The van der Waals surface area contributed by atoms with Crippen molar-refractivity contribution in [2.75, 3.05) is 32.6 Å². The van der Waals surface area contributed by atoms with Gasteiger partial charge in [0.05, 0.1) is 37.4 Å². The number of carbonyl (C=O) groups excluding carboxylic acids is 1. The molecule has 2 heterocycles. The van der Waals surface area contributed by atoms with Crippen LogP contribution in [0.1, 0.15) is 30.1 Å².